The van der Waals surface area contributed by atoms with Crippen molar-refractivity contribution in [1.29, 1.82) is 0 Å². The summed E-state index contributed by atoms with van der Waals surface area (Å²) < 4.78 is 27.2. The standard InChI is InChI=1S/C14H18N6O3S2/c1-10(21)18-14-16-9-12(24-14)25(22,23)17-8-11-4-5-15-13(19-11)20-6-2-3-7-20/h4-5,9,17H,2-3,6-8H2,1H3,(H,16,18,21). The van der Waals surface area contributed by atoms with E-state index in [4.69, 9.17) is 0 Å². The molecule has 0 saturated carbocycles. The van der Waals surface area contributed by atoms with E-state index < -0.39 is 10.0 Å². The molecule has 1 saturated heterocycles. The molecule has 2 N–H and O–H groups in total. The Kier molecular flexibility index (Phi) is 5.25. The molecular formula is C14H18N6O3S2. The molecule has 2 aromatic rings. The summed E-state index contributed by atoms with van der Waals surface area (Å²) in [6.45, 7) is 3.23. The summed E-state index contributed by atoms with van der Waals surface area (Å²) >= 11 is 0.892. The highest BCUT2D eigenvalue weighted by atomic mass is 32.2. The third kappa shape index (κ3) is 4.50. The first-order valence-corrected chi connectivity index (χ1v) is 10.0. The van der Waals surface area contributed by atoms with Crippen LogP contribution in [-0.2, 0) is 21.4 Å². The first-order valence-electron chi connectivity index (χ1n) is 7.74. The van der Waals surface area contributed by atoms with Gasteiger partial charge in [0.05, 0.1) is 18.4 Å². The van der Waals surface area contributed by atoms with Crippen molar-refractivity contribution in [2.45, 2.75) is 30.5 Å². The van der Waals surface area contributed by atoms with Gasteiger partial charge in [-0.1, -0.05) is 11.3 Å². The maximum atomic E-state index is 12.3. The van der Waals surface area contributed by atoms with Crippen molar-refractivity contribution < 1.29 is 13.2 Å². The highest BCUT2D eigenvalue weighted by Crippen LogP contribution is 2.23. The molecule has 1 aliphatic rings. The number of sulfonamides is 1. The van der Waals surface area contributed by atoms with Gasteiger partial charge in [-0.05, 0) is 18.9 Å². The molecule has 0 unspecified atom stereocenters. The van der Waals surface area contributed by atoms with E-state index in [2.05, 4.69) is 29.9 Å². The molecule has 134 valence electrons. The number of carbonyl (C=O) groups excluding carboxylic acids is 1. The number of anilines is 2. The monoisotopic (exact) mass is 382 g/mol. The zero-order chi connectivity index (χ0) is 17.9. The van der Waals surface area contributed by atoms with Crippen LogP contribution >= 0.6 is 11.3 Å². The largest absolute Gasteiger partial charge is 0.341 e. The molecule has 0 aromatic carbocycles. The number of aromatic nitrogens is 3. The van der Waals surface area contributed by atoms with Crippen LogP contribution in [0.2, 0.25) is 0 Å². The average molecular weight is 382 g/mol. The van der Waals surface area contributed by atoms with E-state index >= 15 is 0 Å². The van der Waals surface area contributed by atoms with Gasteiger partial charge in [0.25, 0.3) is 10.0 Å². The Morgan fingerprint density at radius 1 is 1.32 bits per heavy atom. The van der Waals surface area contributed by atoms with Crippen molar-refractivity contribution in [3.05, 3.63) is 24.2 Å². The normalized spacial score (nSPS) is 14.7. The maximum absolute atomic E-state index is 12.3. The summed E-state index contributed by atoms with van der Waals surface area (Å²) in [6.07, 6.45) is 5.07. The third-order valence-electron chi connectivity index (χ3n) is 3.57. The van der Waals surface area contributed by atoms with Crippen molar-refractivity contribution in [3.63, 3.8) is 0 Å². The van der Waals surface area contributed by atoms with Gasteiger partial charge in [-0.2, -0.15) is 0 Å². The Labute approximate surface area is 149 Å². The lowest BCUT2D eigenvalue weighted by molar-refractivity contribution is -0.114. The Hall–Kier alpha value is -2.11. The minimum absolute atomic E-state index is 0.0325. The topological polar surface area (TPSA) is 117 Å². The van der Waals surface area contributed by atoms with Crippen molar-refractivity contribution in [2.75, 3.05) is 23.3 Å². The van der Waals surface area contributed by atoms with E-state index in [0.29, 0.717) is 11.6 Å². The number of thiazole rings is 1. The predicted molar refractivity (Wildman–Crippen MR) is 93.9 cm³/mol. The van der Waals surface area contributed by atoms with Crippen molar-refractivity contribution >= 4 is 38.3 Å². The number of nitrogens with one attached hydrogen (secondary N) is 2. The minimum Gasteiger partial charge on any atom is -0.341 e. The van der Waals surface area contributed by atoms with Crippen LogP contribution in [0, 0.1) is 0 Å². The third-order valence-corrected chi connectivity index (χ3v) is 6.34. The zero-order valence-corrected chi connectivity index (χ0v) is 15.2. The van der Waals surface area contributed by atoms with Crippen LogP contribution in [0.25, 0.3) is 0 Å². The molecule has 0 spiro atoms. The maximum Gasteiger partial charge on any atom is 0.252 e. The molecule has 0 atom stereocenters. The first-order chi connectivity index (χ1) is 11.9. The van der Waals surface area contributed by atoms with Gasteiger partial charge in [0.15, 0.2) is 9.34 Å². The van der Waals surface area contributed by atoms with E-state index in [-0.39, 0.29) is 21.8 Å². The predicted octanol–water partition coefficient (Wildman–Crippen LogP) is 0.970. The molecule has 1 aliphatic heterocycles. The number of nitrogens with zero attached hydrogens (tertiary/aromatic N) is 4. The first kappa shape index (κ1) is 17.7. The molecule has 0 aliphatic carbocycles. The van der Waals surface area contributed by atoms with Crippen LogP contribution in [0.1, 0.15) is 25.5 Å². The number of amides is 1. The summed E-state index contributed by atoms with van der Waals surface area (Å²) in [6, 6.07) is 1.68. The lowest BCUT2D eigenvalue weighted by atomic mass is 10.4. The van der Waals surface area contributed by atoms with Crippen LogP contribution in [0.3, 0.4) is 0 Å². The molecule has 9 nitrogen and oxygen atoms in total. The second-order valence-electron chi connectivity index (χ2n) is 5.53. The van der Waals surface area contributed by atoms with Gasteiger partial charge in [-0.15, -0.1) is 0 Å². The lowest BCUT2D eigenvalue weighted by Gasteiger charge is -2.15. The molecule has 11 heteroatoms. The molecule has 0 bridgehead atoms. The molecule has 25 heavy (non-hydrogen) atoms. The van der Waals surface area contributed by atoms with Gasteiger partial charge in [-0.3, -0.25) is 4.79 Å². The highest BCUT2D eigenvalue weighted by molar-refractivity contribution is 7.91. The van der Waals surface area contributed by atoms with E-state index in [1.165, 1.54) is 13.1 Å². The highest BCUT2D eigenvalue weighted by Gasteiger charge is 2.19. The van der Waals surface area contributed by atoms with Gasteiger partial charge in [0, 0.05) is 26.2 Å². The molecule has 1 amide bonds. The fraction of sp³-hybridized carbons (Fsp3) is 0.429. The van der Waals surface area contributed by atoms with E-state index in [0.717, 1.165) is 37.3 Å². The summed E-state index contributed by atoms with van der Waals surface area (Å²) in [5, 5.41) is 2.70. The number of hydrogen-bond acceptors (Lipinski definition) is 8. The molecule has 2 aromatic heterocycles. The van der Waals surface area contributed by atoms with Crippen LogP contribution in [0.4, 0.5) is 11.1 Å². The van der Waals surface area contributed by atoms with E-state index in [1.54, 1.807) is 12.3 Å². The quantitative estimate of drug-likeness (QED) is 0.764. The van der Waals surface area contributed by atoms with E-state index in [1.807, 2.05) is 0 Å². The Bertz CT molecular complexity index is 861. The second kappa shape index (κ2) is 7.42. The minimum atomic E-state index is -3.72. The molecule has 3 heterocycles. The van der Waals surface area contributed by atoms with Crippen LogP contribution in [0.15, 0.2) is 22.7 Å². The van der Waals surface area contributed by atoms with Crippen molar-refractivity contribution in [1.82, 2.24) is 19.7 Å². The average Bonchev–Trinajstić information content (AvgIpc) is 3.24. The summed E-state index contributed by atoms with van der Waals surface area (Å²) in [5.74, 6) is 0.321. The van der Waals surface area contributed by atoms with Gasteiger partial charge in [0.2, 0.25) is 11.9 Å². The van der Waals surface area contributed by atoms with Crippen LogP contribution in [-0.4, -0.2) is 42.4 Å². The van der Waals surface area contributed by atoms with Crippen LogP contribution in [0.5, 0.6) is 0 Å². The molecule has 0 radical (unpaired) electrons. The lowest BCUT2D eigenvalue weighted by Crippen LogP contribution is -2.24. The summed E-state index contributed by atoms with van der Waals surface area (Å²) in [4.78, 5) is 25.6. The number of rotatable bonds is 6. The fourth-order valence-corrected chi connectivity index (χ4v) is 4.50. The van der Waals surface area contributed by atoms with Crippen LogP contribution < -0.4 is 14.9 Å². The summed E-state index contributed by atoms with van der Waals surface area (Å²) in [7, 11) is -3.72. The van der Waals surface area contributed by atoms with Gasteiger partial charge in [0.1, 0.15) is 0 Å². The SMILES string of the molecule is CC(=O)Nc1ncc(S(=O)(=O)NCc2ccnc(N3CCCC3)n2)s1. The van der Waals surface area contributed by atoms with E-state index in [9.17, 15) is 13.2 Å². The zero-order valence-electron chi connectivity index (χ0n) is 13.6. The summed E-state index contributed by atoms with van der Waals surface area (Å²) in [5.41, 5.74) is 0.590. The second-order valence-corrected chi connectivity index (χ2v) is 8.56. The van der Waals surface area contributed by atoms with Gasteiger partial charge < -0.3 is 10.2 Å². The number of hydrogen-bond donors (Lipinski definition) is 2. The van der Waals surface area contributed by atoms with Gasteiger partial charge in [-0.25, -0.2) is 28.1 Å². The Balaban J connectivity index is 1.66. The molecule has 3 rings (SSSR count). The van der Waals surface area contributed by atoms with Crippen molar-refractivity contribution in [3.8, 4) is 0 Å². The number of carbonyl (C=O) groups is 1. The molecular weight excluding hydrogens is 364 g/mol. The Morgan fingerprint density at radius 3 is 2.80 bits per heavy atom. The smallest absolute Gasteiger partial charge is 0.252 e. The van der Waals surface area contributed by atoms with Gasteiger partial charge >= 0.3 is 0 Å². The Morgan fingerprint density at radius 2 is 2.08 bits per heavy atom. The van der Waals surface area contributed by atoms with Crippen molar-refractivity contribution in [2.24, 2.45) is 0 Å². The fourth-order valence-electron chi connectivity index (χ4n) is 2.38. The molecule has 1 fully saturated rings.